The molecule has 104 valence electrons. The molecule has 2 rings (SSSR count). The Labute approximate surface area is 114 Å². The average molecular weight is 277 g/mol. The number of carbonyl (C=O) groups excluding carboxylic acids is 1. The standard InChI is InChI=1S/C14H13F2N3O/c1-8-4-3-5-11(16)12(8)19-14(20)10-6-9(15)7-18-13(10)17-2/h3-7H,1-2H3,(H,17,18)(H,19,20). The number of rotatable bonds is 3. The molecule has 4 nitrogen and oxygen atoms in total. The van der Waals surface area contributed by atoms with Crippen LogP contribution in [0.5, 0.6) is 0 Å². The molecular formula is C14H13F2N3O. The molecule has 0 radical (unpaired) electrons. The molecule has 0 fully saturated rings. The Kier molecular flexibility index (Phi) is 3.93. The largest absolute Gasteiger partial charge is 0.372 e. The summed E-state index contributed by atoms with van der Waals surface area (Å²) in [5, 5.41) is 5.12. The third-order valence-electron chi connectivity index (χ3n) is 2.80. The first kappa shape index (κ1) is 13.9. The summed E-state index contributed by atoms with van der Waals surface area (Å²) >= 11 is 0. The summed E-state index contributed by atoms with van der Waals surface area (Å²) in [6.07, 6.45) is 0.997. The lowest BCUT2D eigenvalue weighted by molar-refractivity contribution is 0.102. The van der Waals surface area contributed by atoms with Gasteiger partial charge < -0.3 is 10.6 Å². The lowest BCUT2D eigenvalue weighted by atomic mass is 10.1. The summed E-state index contributed by atoms with van der Waals surface area (Å²) in [5.74, 6) is -1.60. The topological polar surface area (TPSA) is 54.0 Å². The van der Waals surface area contributed by atoms with Gasteiger partial charge in [0.05, 0.1) is 17.4 Å². The highest BCUT2D eigenvalue weighted by Crippen LogP contribution is 2.21. The monoisotopic (exact) mass is 277 g/mol. The second-order valence-corrected chi connectivity index (χ2v) is 4.19. The maximum atomic E-state index is 13.7. The quantitative estimate of drug-likeness (QED) is 0.907. The van der Waals surface area contributed by atoms with Crippen LogP contribution >= 0.6 is 0 Å². The van der Waals surface area contributed by atoms with Gasteiger partial charge >= 0.3 is 0 Å². The van der Waals surface area contributed by atoms with Gasteiger partial charge in [0.15, 0.2) is 0 Å². The highest BCUT2D eigenvalue weighted by atomic mass is 19.1. The van der Waals surface area contributed by atoms with E-state index in [1.54, 1.807) is 26.1 Å². The summed E-state index contributed by atoms with van der Waals surface area (Å²) < 4.78 is 26.9. The molecular weight excluding hydrogens is 264 g/mol. The van der Waals surface area contributed by atoms with Gasteiger partial charge in [-0.3, -0.25) is 4.79 Å². The molecule has 0 spiro atoms. The zero-order valence-corrected chi connectivity index (χ0v) is 11.0. The van der Waals surface area contributed by atoms with Crippen LogP contribution in [0.4, 0.5) is 20.3 Å². The van der Waals surface area contributed by atoms with Crippen molar-refractivity contribution in [2.45, 2.75) is 6.92 Å². The molecule has 0 aliphatic rings. The number of anilines is 2. The van der Waals surface area contributed by atoms with Crippen LogP contribution in [0.2, 0.25) is 0 Å². The van der Waals surface area contributed by atoms with Crippen LogP contribution in [-0.4, -0.2) is 17.9 Å². The Bertz CT molecular complexity index is 639. The Balaban J connectivity index is 2.35. The second-order valence-electron chi connectivity index (χ2n) is 4.19. The van der Waals surface area contributed by atoms with Gasteiger partial charge in [-0.05, 0) is 24.6 Å². The van der Waals surface area contributed by atoms with E-state index in [2.05, 4.69) is 15.6 Å². The van der Waals surface area contributed by atoms with E-state index in [4.69, 9.17) is 0 Å². The molecule has 20 heavy (non-hydrogen) atoms. The van der Waals surface area contributed by atoms with Crippen molar-refractivity contribution in [3.63, 3.8) is 0 Å². The summed E-state index contributed by atoms with van der Waals surface area (Å²) in [5.41, 5.74) is 0.660. The molecule has 2 N–H and O–H groups in total. The molecule has 0 bridgehead atoms. The van der Waals surface area contributed by atoms with E-state index in [-0.39, 0.29) is 17.1 Å². The number of nitrogens with zero attached hydrogens (tertiary/aromatic N) is 1. The lowest BCUT2D eigenvalue weighted by Gasteiger charge is -2.11. The third kappa shape index (κ3) is 2.74. The number of aromatic nitrogens is 1. The Morgan fingerprint density at radius 2 is 2.05 bits per heavy atom. The number of hydrogen-bond donors (Lipinski definition) is 2. The highest BCUT2D eigenvalue weighted by Gasteiger charge is 2.16. The fourth-order valence-corrected chi connectivity index (χ4v) is 1.78. The lowest BCUT2D eigenvalue weighted by Crippen LogP contribution is -2.16. The van der Waals surface area contributed by atoms with Crippen LogP contribution < -0.4 is 10.6 Å². The van der Waals surface area contributed by atoms with Gasteiger partial charge in [0.1, 0.15) is 17.5 Å². The first-order valence-electron chi connectivity index (χ1n) is 5.92. The van der Waals surface area contributed by atoms with Crippen molar-refractivity contribution < 1.29 is 13.6 Å². The zero-order valence-electron chi connectivity index (χ0n) is 11.0. The third-order valence-corrected chi connectivity index (χ3v) is 2.80. The summed E-state index contributed by atoms with van der Waals surface area (Å²) in [6, 6.07) is 5.50. The van der Waals surface area contributed by atoms with Crippen LogP contribution in [0.25, 0.3) is 0 Å². The molecule has 0 atom stereocenters. The minimum absolute atomic E-state index is 0.00940. The molecule has 1 aromatic heterocycles. The fourth-order valence-electron chi connectivity index (χ4n) is 1.78. The van der Waals surface area contributed by atoms with Crippen LogP contribution in [0.1, 0.15) is 15.9 Å². The number of para-hydroxylation sites is 1. The summed E-state index contributed by atoms with van der Waals surface area (Å²) in [7, 11) is 1.56. The SMILES string of the molecule is CNc1ncc(F)cc1C(=O)Nc1c(C)cccc1F. The van der Waals surface area contributed by atoms with Gasteiger partial charge in [0.25, 0.3) is 5.91 Å². The number of carbonyl (C=O) groups is 1. The minimum atomic E-state index is -0.639. The molecule has 0 unspecified atom stereocenters. The molecule has 6 heteroatoms. The fraction of sp³-hybridized carbons (Fsp3) is 0.143. The predicted molar refractivity (Wildman–Crippen MR) is 72.8 cm³/mol. The van der Waals surface area contributed by atoms with Crippen LogP contribution in [0.3, 0.4) is 0 Å². The maximum absolute atomic E-state index is 13.7. The van der Waals surface area contributed by atoms with Crippen molar-refractivity contribution in [1.82, 2.24) is 4.98 Å². The number of halogens is 2. The van der Waals surface area contributed by atoms with Crippen molar-refractivity contribution in [2.24, 2.45) is 0 Å². The van der Waals surface area contributed by atoms with Crippen LogP contribution in [0.15, 0.2) is 30.5 Å². The highest BCUT2D eigenvalue weighted by molar-refractivity contribution is 6.07. The van der Waals surface area contributed by atoms with Crippen molar-refractivity contribution in [3.8, 4) is 0 Å². The maximum Gasteiger partial charge on any atom is 0.259 e. The molecule has 1 heterocycles. The molecule has 2 aromatic rings. The van der Waals surface area contributed by atoms with Gasteiger partial charge in [0, 0.05) is 7.05 Å². The number of benzene rings is 1. The molecule has 0 saturated heterocycles. The van der Waals surface area contributed by atoms with Gasteiger partial charge in [-0.1, -0.05) is 12.1 Å². The van der Waals surface area contributed by atoms with E-state index in [1.165, 1.54) is 6.07 Å². The van der Waals surface area contributed by atoms with Crippen molar-refractivity contribution >= 4 is 17.4 Å². The van der Waals surface area contributed by atoms with E-state index >= 15 is 0 Å². The van der Waals surface area contributed by atoms with E-state index < -0.39 is 17.5 Å². The summed E-state index contributed by atoms with van der Waals surface area (Å²) in [4.78, 5) is 15.9. The van der Waals surface area contributed by atoms with E-state index in [0.29, 0.717) is 5.56 Å². The van der Waals surface area contributed by atoms with E-state index in [9.17, 15) is 13.6 Å². The van der Waals surface area contributed by atoms with E-state index in [0.717, 1.165) is 12.3 Å². The molecule has 0 aliphatic carbocycles. The van der Waals surface area contributed by atoms with Gasteiger partial charge in [-0.2, -0.15) is 0 Å². The number of pyridine rings is 1. The van der Waals surface area contributed by atoms with Crippen molar-refractivity contribution in [3.05, 3.63) is 53.2 Å². The van der Waals surface area contributed by atoms with Crippen LogP contribution in [-0.2, 0) is 0 Å². The smallest absolute Gasteiger partial charge is 0.259 e. The summed E-state index contributed by atoms with van der Waals surface area (Å²) in [6.45, 7) is 1.67. The minimum Gasteiger partial charge on any atom is -0.372 e. The van der Waals surface area contributed by atoms with Crippen molar-refractivity contribution in [1.29, 1.82) is 0 Å². The molecule has 0 aliphatic heterocycles. The Morgan fingerprint density at radius 3 is 2.70 bits per heavy atom. The van der Waals surface area contributed by atoms with Gasteiger partial charge in [0.2, 0.25) is 0 Å². The van der Waals surface area contributed by atoms with Crippen LogP contribution in [0, 0.1) is 18.6 Å². The number of hydrogen-bond acceptors (Lipinski definition) is 3. The first-order chi connectivity index (χ1) is 9.52. The van der Waals surface area contributed by atoms with E-state index in [1.807, 2.05) is 0 Å². The first-order valence-corrected chi connectivity index (χ1v) is 5.92. The molecule has 1 amide bonds. The molecule has 1 aromatic carbocycles. The zero-order chi connectivity index (χ0) is 14.7. The number of nitrogens with one attached hydrogen (secondary N) is 2. The number of aryl methyl sites for hydroxylation is 1. The normalized spacial score (nSPS) is 10.2. The Hall–Kier alpha value is -2.50. The average Bonchev–Trinajstić information content (AvgIpc) is 2.43. The second kappa shape index (κ2) is 5.64. The molecule has 0 saturated carbocycles. The van der Waals surface area contributed by atoms with Crippen molar-refractivity contribution in [2.75, 3.05) is 17.7 Å². The Morgan fingerprint density at radius 1 is 1.30 bits per heavy atom. The van der Waals surface area contributed by atoms with Gasteiger partial charge in [-0.25, -0.2) is 13.8 Å². The number of amides is 1. The predicted octanol–water partition coefficient (Wildman–Crippen LogP) is 2.96. The van der Waals surface area contributed by atoms with Gasteiger partial charge in [-0.15, -0.1) is 0 Å².